The van der Waals surface area contributed by atoms with Gasteiger partial charge in [-0.25, -0.2) is 0 Å². The van der Waals surface area contributed by atoms with Gasteiger partial charge in [-0.1, -0.05) is 25.7 Å². The van der Waals surface area contributed by atoms with Gasteiger partial charge in [0.2, 0.25) is 0 Å². The van der Waals surface area contributed by atoms with Crippen LogP contribution in [-0.4, -0.2) is 40.6 Å². The van der Waals surface area contributed by atoms with E-state index in [-0.39, 0.29) is 18.6 Å². The van der Waals surface area contributed by atoms with Gasteiger partial charge in [0, 0.05) is 37.5 Å². The number of nitrogens with zero attached hydrogens (tertiary/aromatic N) is 2. The van der Waals surface area contributed by atoms with Crippen molar-refractivity contribution in [1.82, 2.24) is 9.88 Å². The maximum absolute atomic E-state index is 12.4. The summed E-state index contributed by atoms with van der Waals surface area (Å²) in [7, 11) is 1.82. The third kappa shape index (κ3) is 5.57. The van der Waals surface area contributed by atoms with E-state index in [2.05, 4.69) is 37.6 Å². The maximum Gasteiger partial charge on any atom is 0.255 e. The van der Waals surface area contributed by atoms with Crippen LogP contribution in [0.2, 0.25) is 0 Å². The molecule has 0 aliphatic carbocycles. The molecule has 0 bridgehead atoms. The van der Waals surface area contributed by atoms with Crippen LogP contribution in [-0.2, 0) is 0 Å². The molecule has 4 heteroatoms. The van der Waals surface area contributed by atoms with E-state index in [1.807, 2.05) is 7.05 Å². The molecule has 1 N–H and O–H groups in total. The zero-order valence-electron chi connectivity index (χ0n) is 13.3. The molecule has 0 aliphatic heterocycles. The molecule has 4 nitrogen and oxygen atoms in total. The average Bonchev–Trinajstić information content (AvgIpc) is 2.45. The minimum atomic E-state index is -0.0403. The summed E-state index contributed by atoms with van der Waals surface area (Å²) >= 11 is 0. The summed E-state index contributed by atoms with van der Waals surface area (Å²) in [5.41, 5.74) is 1.24. The van der Waals surface area contributed by atoms with Crippen LogP contribution in [0.3, 0.4) is 0 Å². The highest BCUT2D eigenvalue weighted by Gasteiger charge is 2.18. The summed E-state index contributed by atoms with van der Waals surface area (Å²) in [5.74, 6) is 6.23. The molecule has 0 aromatic carbocycles. The first-order chi connectivity index (χ1) is 9.95. The van der Waals surface area contributed by atoms with Crippen molar-refractivity contribution in [2.45, 2.75) is 39.7 Å². The molecule has 0 fully saturated rings. The normalized spacial score (nSPS) is 11.7. The molecule has 1 heterocycles. The van der Waals surface area contributed by atoms with Crippen LogP contribution < -0.4 is 0 Å². The molecule has 1 aromatic heterocycles. The third-order valence-corrected chi connectivity index (χ3v) is 3.25. The van der Waals surface area contributed by atoms with Crippen LogP contribution in [0, 0.1) is 17.8 Å². The molecular weight excluding hydrogens is 264 g/mol. The van der Waals surface area contributed by atoms with Gasteiger partial charge in [-0.2, -0.15) is 0 Å². The molecule has 0 aliphatic rings. The van der Waals surface area contributed by atoms with Crippen molar-refractivity contribution in [2.24, 2.45) is 5.92 Å². The Morgan fingerprint density at radius 3 is 2.71 bits per heavy atom. The zero-order valence-corrected chi connectivity index (χ0v) is 13.3. The number of amides is 1. The lowest BCUT2D eigenvalue weighted by Gasteiger charge is -2.26. The van der Waals surface area contributed by atoms with Crippen molar-refractivity contribution in [1.29, 1.82) is 0 Å². The van der Waals surface area contributed by atoms with Crippen molar-refractivity contribution in [2.75, 3.05) is 13.7 Å². The maximum atomic E-state index is 12.4. The summed E-state index contributed by atoms with van der Waals surface area (Å²) in [6.45, 7) is 6.38. The molecule has 1 atom stereocenters. The zero-order chi connectivity index (χ0) is 15.8. The van der Waals surface area contributed by atoms with Gasteiger partial charge >= 0.3 is 0 Å². The van der Waals surface area contributed by atoms with E-state index in [0.29, 0.717) is 23.5 Å². The fourth-order valence-electron chi connectivity index (χ4n) is 2.09. The Kier molecular flexibility index (Phi) is 6.90. The fraction of sp³-hybridized carbons (Fsp3) is 0.529. The Bertz CT molecular complexity index is 529. The Morgan fingerprint density at radius 2 is 2.10 bits per heavy atom. The Hall–Kier alpha value is -1.86. The molecule has 1 amide bonds. The lowest BCUT2D eigenvalue weighted by Crippen LogP contribution is -2.36. The molecule has 0 saturated heterocycles. The van der Waals surface area contributed by atoms with Gasteiger partial charge in [-0.3, -0.25) is 9.78 Å². The van der Waals surface area contributed by atoms with Crippen LogP contribution in [0.4, 0.5) is 0 Å². The third-order valence-electron chi connectivity index (χ3n) is 3.25. The largest absolute Gasteiger partial charge is 0.395 e. The highest BCUT2D eigenvalue weighted by molar-refractivity contribution is 5.94. The number of rotatable bonds is 5. The number of carbonyl (C=O) groups is 1. The summed E-state index contributed by atoms with van der Waals surface area (Å²) in [4.78, 5) is 18.3. The monoisotopic (exact) mass is 288 g/mol. The van der Waals surface area contributed by atoms with Gasteiger partial charge in [-0.15, -0.1) is 0 Å². The van der Waals surface area contributed by atoms with E-state index in [0.717, 1.165) is 6.42 Å². The summed E-state index contributed by atoms with van der Waals surface area (Å²) < 4.78 is 0. The van der Waals surface area contributed by atoms with Crippen molar-refractivity contribution in [3.8, 4) is 11.8 Å². The van der Waals surface area contributed by atoms with Crippen molar-refractivity contribution >= 4 is 5.91 Å². The van der Waals surface area contributed by atoms with E-state index in [1.165, 1.54) is 0 Å². The second kappa shape index (κ2) is 8.43. The molecule has 1 unspecified atom stereocenters. The topological polar surface area (TPSA) is 53.4 Å². The predicted molar refractivity (Wildman–Crippen MR) is 83.8 cm³/mol. The number of aromatic nitrogens is 1. The first kappa shape index (κ1) is 17.2. The quantitative estimate of drug-likeness (QED) is 0.846. The molecule has 1 aromatic rings. The molecule has 1 rings (SSSR count). The second-order valence-corrected chi connectivity index (χ2v) is 5.63. The molecule has 21 heavy (non-hydrogen) atoms. The van der Waals surface area contributed by atoms with Crippen LogP contribution in [0.15, 0.2) is 18.5 Å². The second-order valence-electron chi connectivity index (χ2n) is 5.63. The SMILES string of the molecule is CC(C)CC(C)N(C)C(=O)c1cncc(C#CCCO)c1. The van der Waals surface area contributed by atoms with Crippen LogP contribution in [0.25, 0.3) is 0 Å². The lowest BCUT2D eigenvalue weighted by atomic mass is 10.0. The first-order valence-corrected chi connectivity index (χ1v) is 7.27. The average molecular weight is 288 g/mol. The minimum Gasteiger partial charge on any atom is -0.395 e. The van der Waals surface area contributed by atoms with Gasteiger partial charge in [0.25, 0.3) is 5.91 Å². The van der Waals surface area contributed by atoms with Gasteiger partial charge < -0.3 is 10.0 Å². The number of aliphatic hydroxyl groups is 1. The van der Waals surface area contributed by atoms with E-state index in [4.69, 9.17) is 5.11 Å². The van der Waals surface area contributed by atoms with E-state index >= 15 is 0 Å². The van der Waals surface area contributed by atoms with Crippen molar-refractivity contribution < 1.29 is 9.90 Å². The van der Waals surface area contributed by atoms with Crippen molar-refractivity contribution in [3.05, 3.63) is 29.6 Å². The van der Waals surface area contributed by atoms with Crippen LogP contribution >= 0.6 is 0 Å². The number of carbonyl (C=O) groups excluding carboxylic acids is 1. The lowest BCUT2D eigenvalue weighted by molar-refractivity contribution is 0.0727. The summed E-state index contributed by atoms with van der Waals surface area (Å²) in [5, 5.41) is 8.71. The number of hydrogen-bond donors (Lipinski definition) is 1. The number of aliphatic hydroxyl groups excluding tert-OH is 1. The smallest absolute Gasteiger partial charge is 0.255 e. The molecule has 114 valence electrons. The standard InChI is InChI=1S/C17H24N2O2/c1-13(2)9-14(3)19(4)17(21)16-10-15(11-18-12-16)7-5-6-8-20/h10-14,20H,6,8-9H2,1-4H3. The molecule has 0 spiro atoms. The number of hydrogen-bond acceptors (Lipinski definition) is 3. The van der Waals surface area contributed by atoms with E-state index in [9.17, 15) is 4.79 Å². The number of pyridine rings is 1. The van der Waals surface area contributed by atoms with Crippen LogP contribution in [0.5, 0.6) is 0 Å². The molecular formula is C17H24N2O2. The molecule has 0 radical (unpaired) electrons. The van der Waals surface area contributed by atoms with Gasteiger partial charge in [-0.05, 0) is 25.3 Å². The van der Waals surface area contributed by atoms with Crippen LogP contribution in [0.1, 0.15) is 49.5 Å². The first-order valence-electron chi connectivity index (χ1n) is 7.27. The highest BCUT2D eigenvalue weighted by Crippen LogP contribution is 2.13. The van der Waals surface area contributed by atoms with Crippen molar-refractivity contribution in [3.63, 3.8) is 0 Å². The fourth-order valence-corrected chi connectivity index (χ4v) is 2.09. The molecule has 0 saturated carbocycles. The van der Waals surface area contributed by atoms with E-state index in [1.54, 1.807) is 23.4 Å². The van der Waals surface area contributed by atoms with Gasteiger partial charge in [0.15, 0.2) is 0 Å². The summed E-state index contributed by atoms with van der Waals surface area (Å²) in [6.07, 6.45) is 4.58. The minimum absolute atomic E-state index is 0.0362. The Balaban J connectivity index is 2.83. The van der Waals surface area contributed by atoms with Gasteiger partial charge in [0.05, 0.1) is 12.2 Å². The highest BCUT2D eigenvalue weighted by atomic mass is 16.2. The Morgan fingerprint density at radius 1 is 1.38 bits per heavy atom. The predicted octanol–water partition coefficient (Wildman–Crippen LogP) is 2.32. The van der Waals surface area contributed by atoms with E-state index < -0.39 is 0 Å². The summed E-state index contributed by atoms with van der Waals surface area (Å²) in [6, 6.07) is 1.93. The Labute approximate surface area is 127 Å². The van der Waals surface area contributed by atoms with Gasteiger partial charge in [0.1, 0.15) is 0 Å².